The van der Waals surface area contributed by atoms with Crippen LogP contribution in [-0.2, 0) is 17.6 Å². The van der Waals surface area contributed by atoms with E-state index in [2.05, 4.69) is 47.3 Å². The molecule has 15 heavy (non-hydrogen) atoms. The van der Waals surface area contributed by atoms with E-state index in [1.165, 1.54) is 16.0 Å². The van der Waals surface area contributed by atoms with Gasteiger partial charge in [-0.25, -0.2) is 0 Å². The fraction of sp³-hybridized carbons (Fsp3) is 0.417. The molecule has 0 aliphatic rings. The Labute approximate surface area is 104 Å². The Hall–Kier alpha value is -0.280. The maximum absolute atomic E-state index is 11.5. The van der Waals surface area contributed by atoms with E-state index in [1.54, 1.807) is 11.8 Å². The van der Waals surface area contributed by atoms with Gasteiger partial charge in [0, 0.05) is 11.3 Å². The number of hydrogen-bond acceptors (Lipinski definition) is 2. The van der Waals surface area contributed by atoms with Gasteiger partial charge in [0.15, 0.2) is 0 Å². The molecule has 0 radical (unpaired) electrons. The number of Topliss-reactive ketones (excluding diaryl/α,β-unsaturated/α-hetero) is 1. The van der Waals surface area contributed by atoms with Gasteiger partial charge in [0.1, 0.15) is 5.78 Å². The molecule has 1 nitrogen and oxygen atoms in total. The Morgan fingerprint density at radius 1 is 1.47 bits per heavy atom. The van der Waals surface area contributed by atoms with E-state index >= 15 is 0 Å². The summed E-state index contributed by atoms with van der Waals surface area (Å²) in [7, 11) is 0. The summed E-state index contributed by atoms with van der Waals surface area (Å²) in [5, 5.41) is 0.443. The van der Waals surface area contributed by atoms with Crippen LogP contribution in [0.25, 0.3) is 0 Å². The predicted octanol–water partition coefficient (Wildman–Crippen LogP) is 3.48. The number of hydrogen-bond donors (Lipinski definition) is 0. The van der Waals surface area contributed by atoms with Crippen LogP contribution in [0, 0.1) is 0 Å². The first-order valence-electron chi connectivity index (χ1n) is 4.95. The Morgan fingerprint density at radius 2 is 2.20 bits per heavy atom. The summed E-state index contributed by atoms with van der Waals surface area (Å²) >= 11 is 4.92. The van der Waals surface area contributed by atoms with Gasteiger partial charge in [0.25, 0.3) is 0 Å². The van der Waals surface area contributed by atoms with Gasteiger partial charge in [-0.05, 0) is 29.9 Å². The summed E-state index contributed by atoms with van der Waals surface area (Å²) in [6, 6.07) is 6.25. The predicted molar refractivity (Wildman–Crippen MR) is 70.1 cm³/mol. The molecular formula is C12H15BrOS. The first kappa shape index (κ1) is 12.8. The second-order valence-electron chi connectivity index (χ2n) is 3.30. The molecule has 0 amide bonds. The lowest BCUT2D eigenvalue weighted by molar-refractivity contribution is -0.115. The highest BCUT2D eigenvalue weighted by Crippen LogP contribution is 2.24. The first-order valence-corrected chi connectivity index (χ1v) is 7.30. The maximum atomic E-state index is 11.5. The van der Waals surface area contributed by atoms with Crippen molar-refractivity contribution in [2.24, 2.45) is 0 Å². The van der Waals surface area contributed by atoms with Gasteiger partial charge in [-0.1, -0.05) is 35.0 Å². The van der Waals surface area contributed by atoms with Crippen LogP contribution in [0.15, 0.2) is 23.1 Å². The van der Waals surface area contributed by atoms with Crippen LogP contribution in [0.3, 0.4) is 0 Å². The molecule has 1 rings (SSSR count). The van der Waals surface area contributed by atoms with E-state index in [4.69, 9.17) is 0 Å². The molecule has 0 saturated carbocycles. The number of carbonyl (C=O) groups is 1. The molecule has 0 fully saturated rings. The summed E-state index contributed by atoms with van der Waals surface area (Å²) in [5.41, 5.74) is 2.49. The Balaban J connectivity index is 3.05. The van der Waals surface area contributed by atoms with Crippen molar-refractivity contribution >= 4 is 33.5 Å². The van der Waals surface area contributed by atoms with Gasteiger partial charge in [-0.3, -0.25) is 4.79 Å². The molecule has 0 aliphatic heterocycles. The molecule has 1 aromatic carbocycles. The number of benzene rings is 1. The third-order valence-electron chi connectivity index (χ3n) is 2.35. The third kappa shape index (κ3) is 3.35. The molecule has 0 aliphatic carbocycles. The van der Waals surface area contributed by atoms with Crippen molar-refractivity contribution < 1.29 is 4.79 Å². The highest BCUT2D eigenvalue weighted by molar-refractivity contribution is 9.09. The molecule has 1 aromatic rings. The fourth-order valence-electron chi connectivity index (χ4n) is 1.58. The van der Waals surface area contributed by atoms with Crippen molar-refractivity contribution in [3.05, 3.63) is 29.3 Å². The summed E-state index contributed by atoms with van der Waals surface area (Å²) in [6.45, 7) is 2.13. The van der Waals surface area contributed by atoms with Crippen molar-refractivity contribution in [1.29, 1.82) is 0 Å². The number of ketones is 1. The Bertz CT molecular complexity index is 327. The van der Waals surface area contributed by atoms with E-state index in [0.717, 1.165) is 6.42 Å². The molecular weight excluding hydrogens is 272 g/mol. The minimum atomic E-state index is 0.242. The number of thioether (sulfide) groups is 1. The largest absolute Gasteiger partial charge is 0.298 e. The van der Waals surface area contributed by atoms with Gasteiger partial charge in [-0.15, -0.1) is 11.8 Å². The summed E-state index contributed by atoms with van der Waals surface area (Å²) in [6.07, 6.45) is 3.58. The zero-order valence-electron chi connectivity index (χ0n) is 9.05. The topological polar surface area (TPSA) is 17.1 Å². The normalized spacial score (nSPS) is 10.3. The fourth-order valence-corrected chi connectivity index (χ4v) is 2.44. The van der Waals surface area contributed by atoms with Gasteiger partial charge < -0.3 is 0 Å². The molecule has 0 bridgehead atoms. The number of aryl methyl sites for hydroxylation is 1. The number of rotatable bonds is 5. The van der Waals surface area contributed by atoms with Crippen LogP contribution in [-0.4, -0.2) is 17.4 Å². The van der Waals surface area contributed by atoms with Crippen molar-refractivity contribution in [3.63, 3.8) is 0 Å². The van der Waals surface area contributed by atoms with Gasteiger partial charge in [0.05, 0.1) is 5.33 Å². The molecule has 82 valence electrons. The monoisotopic (exact) mass is 286 g/mol. The van der Waals surface area contributed by atoms with Crippen LogP contribution in [0.2, 0.25) is 0 Å². The first-order chi connectivity index (χ1) is 7.22. The van der Waals surface area contributed by atoms with Crippen LogP contribution in [0.4, 0.5) is 0 Å². The SMILES string of the molecule is CCc1cccc(SC)c1CC(=O)CBr. The third-order valence-corrected chi connectivity index (χ3v) is 3.80. The average Bonchev–Trinajstić information content (AvgIpc) is 2.29. The van der Waals surface area contributed by atoms with Crippen LogP contribution < -0.4 is 0 Å². The van der Waals surface area contributed by atoms with Crippen molar-refractivity contribution in [2.75, 3.05) is 11.6 Å². The zero-order valence-corrected chi connectivity index (χ0v) is 11.5. The smallest absolute Gasteiger partial charge is 0.147 e. The zero-order chi connectivity index (χ0) is 11.3. The molecule has 0 aromatic heterocycles. The minimum Gasteiger partial charge on any atom is -0.298 e. The maximum Gasteiger partial charge on any atom is 0.147 e. The Morgan fingerprint density at radius 3 is 2.73 bits per heavy atom. The van der Waals surface area contributed by atoms with Gasteiger partial charge >= 0.3 is 0 Å². The van der Waals surface area contributed by atoms with E-state index in [0.29, 0.717) is 11.8 Å². The summed E-state index contributed by atoms with van der Waals surface area (Å²) in [4.78, 5) is 12.7. The molecule has 0 unspecified atom stereocenters. The molecule has 3 heteroatoms. The highest BCUT2D eigenvalue weighted by Gasteiger charge is 2.10. The quantitative estimate of drug-likeness (QED) is 0.609. The second kappa shape index (κ2) is 6.33. The van der Waals surface area contributed by atoms with Crippen molar-refractivity contribution in [3.8, 4) is 0 Å². The van der Waals surface area contributed by atoms with Gasteiger partial charge in [0.2, 0.25) is 0 Å². The standard InChI is InChI=1S/C12H15BrOS/c1-3-9-5-4-6-12(15-2)11(9)7-10(14)8-13/h4-6H,3,7-8H2,1-2H3. The van der Waals surface area contributed by atoms with E-state index in [1.807, 2.05) is 0 Å². The minimum absolute atomic E-state index is 0.242. The van der Waals surface area contributed by atoms with E-state index < -0.39 is 0 Å². The highest BCUT2D eigenvalue weighted by atomic mass is 79.9. The van der Waals surface area contributed by atoms with E-state index in [9.17, 15) is 4.79 Å². The van der Waals surface area contributed by atoms with Crippen LogP contribution >= 0.6 is 27.7 Å². The summed E-state index contributed by atoms with van der Waals surface area (Å²) < 4.78 is 0. The molecule has 0 heterocycles. The van der Waals surface area contributed by atoms with Crippen LogP contribution in [0.1, 0.15) is 18.1 Å². The molecule has 0 spiro atoms. The number of halogens is 1. The molecule has 0 saturated heterocycles. The number of alkyl halides is 1. The Kier molecular flexibility index (Phi) is 5.40. The summed E-state index contributed by atoms with van der Waals surface area (Å²) in [5.74, 6) is 0.242. The lowest BCUT2D eigenvalue weighted by Gasteiger charge is -2.11. The lowest BCUT2D eigenvalue weighted by atomic mass is 10.0. The average molecular weight is 287 g/mol. The lowest BCUT2D eigenvalue weighted by Crippen LogP contribution is -2.07. The van der Waals surface area contributed by atoms with Crippen molar-refractivity contribution in [1.82, 2.24) is 0 Å². The van der Waals surface area contributed by atoms with Crippen molar-refractivity contribution in [2.45, 2.75) is 24.7 Å². The van der Waals surface area contributed by atoms with Crippen LogP contribution in [0.5, 0.6) is 0 Å². The molecule has 0 N–H and O–H groups in total. The second-order valence-corrected chi connectivity index (χ2v) is 4.71. The van der Waals surface area contributed by atoms with E-state index in [-0.39, 0.29) is 5.78 Å². The molecule has 0 atom stereocenters. The van der Waals surface area contributed by atoms with Gasteiger partial charge in [-0.2, -0.15) is 0 Å². The number of carbonyl (C=O) groups excluding carboxylic acids is 1.